The number of hydrogen-bond donors (Lipinski definition) is 4. The second kappa shape index (κ2) is 32.8. The SMILES string of the molecule is CCCCCCC1C=CC(CCCCCCCCONCCC[N+](C)(C)CC(=O)O)C(/C=C2/CCCCCCC2CONCCC[N+](C)(C)CC(=O)O)C1CCCCCC. The molecule has 0 aromatic rings. The Kier molecular flexibility index (Phi) is 29.7. The van der Waals surface area contributed by atoms with Crippen LogP contribution in [0.5, 0.6) is 0 Å². The molecule has 350 valence electrons. The number of rotatable bonds is 36. The lowest BCUT2D eigenvalue weighted by molar-refractivity contribution is -0.883. The van der Waals surface area contributed by atoms with Gasteiger partial charge in [-0.2, -0.15) is 0 Å². The van der Waals surface area contributed by atoms with Crippen LogP contribution in [0.1, 0.15) is 174 Å². The van der Waals surface area contributed by atoms with Crippen molar-refractivity contribution >= 4 is 11.9 Å². The van der Waals surface area contributed by atoms with E-state index in [1.54, 1.807) is 5.57 Å². The van der Waals surface area contributed by atoms with Gasteiger partial charge in [0, 0.05) is 31.8 Å². The van der Waals surface area contributed by atoms with Crippen molar-refractivity contribution in [3.05, 3.63) is 23.8 Å². The maximum atomic E-state index is 11.3. The number of unbranched alkanes of at least 4 members (excludes halogenated alkanes) is 11. The molecule has 1 saturated carbocycles. The Morgan fingerprint density at radius 2 is 1.17 bits per heavy atom. The van der Waals surface area contributed by atoms with Gasteiger partial charge in [0.1, 0.15) is 0 Å². The number of allylic oxidation sites excluding steroid dienone is 3. The first kappa shape index (κ1) is 54.3. The summed E-state index contributed by atoms with van der Waals surface area (Å²) in [6, 6.07) is 0. The molecule has 0 aliphatic heterocycles. The average molecular weight is 849 g/mol. The van der Waals surface area contributed by atoms with E-state index in [0.717, 1.165) is 64.6 Å². The number of carbonyl (C=O) groups is 2. The van der Waals surface area contributed by atoms with Gasteiger partial charge >= 0.3 is 11.9 Å². The Labute approximate surface area is 368 Å². The van der Waals surface area contributed by atoms with Gasteiger partial charge in [0.05, 0.1) is 54.5 Å². The van der Waals surface area contributed by atoms with Gasteiger partial charge in [-0.1, -0.05) is 140 Å². The summed E-state index contributed by atoms with van der Waals surface area (Å²) in [5, 5.41) is 18.3. The fraction of sp³-hybridized carbons (Fsp3) is 0.880. The summed E-state index contributed by atoms with van der Waals surface area (Å²) in [5.41, 5.74) is 8.01. The monoisotopic (exact) mass is 849 g/mol. The first-order valence-corrected chi connectivity index (χ1v) is 25.0. The van der Waals surface area contributed by atoms with Crippen molar-refractivity contribution in [2.75, 3.05) is 80.7 Å². The van der Waals surface area contributed by atoms with Crippen LogP contribution in [0.15, 0.2) is 23.8 Å². The summed E-state index contributed by atoms with van der Waals surface area (Å²) in [5.74, 6) is 1.60. The molecule has 5 unspecified atom stereocenters. The highest BCUT2D eigenvalue weighted by Crippen LogP contribution is 2.44. The van der Waals surface area contributed by atoms with Gasteiger partial charge in [-0.05, 0) is 68.6 Å². The summed E-state index contributed by atoms with van der Waals surface area (Å²) in [7, 11) is 7.89. The van der Waals surface area contributed by atoms with Crippen LogP contribution in [0.3, 0.4) is 0 Å². The first-order valence-electron chi connectivity index (χ1n) is 25.0. The Balaban J connectivity index is 2.03. The van der Waals surface area contributed by atoms with Gasteiger partial charge in [0.2, 0.25) is 0 Å². The molecule has 1 fully saturated rings. The van der Waals surface area contributed by atoms with Gasteiger partial charge in [0.25, 0.3) is 0 Å². The fourth-order valence-electron chi connectivity index (χ4n) is 9.83. The van der Waals surface area contributed by atoms with Crippen LogP contribution in [-0.4, -0.2) is 112 Å². The Hall–Kier alpha value is -1.82. The van der Waals surface area contributed by atoms with Gasteiger partial charge < -0.3 is 28.9 Å². The molecule has 10 nitrogen and oxygen atoms in total. The van der Waals surface area contributed by atoms with Crippen molar-refractivity contribution in [3.63, 3.8) is 0 Å². The smallest absolute Gasteiger partial charge is 0.359 e. The lowest BCUT2D eigenvalue weighted by Crippen LogP contribution is -2.45. The van der Waals surface area contributed by atoms with E-state index in [2.05, 4.69) is 43.0 Å². The second-order valence-electron chi connectivity index (χ2n) is 20.0. The van der Waals surface area contributed by atoms with Crippen LogP contribution >= 0.6 is 0 Å². The van der Waals surface area contributed by atoms with Crippen molar-refractivity contribution in [2.45, 2.75) is 174 Å². The summed E-state index contributed by atoms with van der Waals surface area (Å²) in [4.78, 5) is 34.2. The van der Waals surface area contributed by atoms with Crippen LogP contribution in [0.4, 0.5) is 0 Å². The first-order chi connectivity index (χ1) is 28.9. The van der Waals surface area contributed by atoms with Crippen molar-refractivity contribution < 1.29 is 38.4 Å². The lowest BCUT2D eigenvalue weighted by Gasteiger charge is -2.40. The topological polar surface area (TPSA) is 117 Å². The van der Waals surface area contributed by atoms with Crippen LogP contribution in [0.25, 0.3) is 0 Å². The molecule has 2 aliphatic carbocycles. The number of nitrogens with zero attached hydrogens (tertiary/aromatic N) is 2. The van der Waals surface area contributed by atoms with Crippen molar-refractivity contribution in [1.29, 1.82) is 0 Å². The van der Waals surface area contributed by atoms with Gasteiger partial charge in [-0.3, -0.25) is 0 Å². The summed E-state index contributed by atoms with van der Waals surface area (Å²) < 4.78 is 0.969. The minimum Gasteiger partial charge on any atom is -0.477 e. The second-order valence-corrected chi connectivity index (χ2v) is 20.0. The predicted molar refractivity (Wildman–Crippen MR) is 248 cm³/mol. The van der Waals surface area contributed by atoms with E-state index in [4.69, 9.17) is 14.8 Å². The zero-order valence-electron chi connectivity index (χ0n) is 39.9. The maximum Gasteiger partial charge on any atom is 0.359 e. The molecular formula is C50H96N4O6+2. The van der Waals surface area contributed by atoms with E-state index in [9.17, 15) is 14.7 Å². The highest BCUT2D eigenvalue weighted by Gasteiger charge is 2.35. The van der Waals surface area contributed by atoms with Crippen LogP contribution in [0, 0.1) is 29.6 Å². The highest BCUT2D eigenvalue weighted by molar-refractivity contribution is 5.68. The molecule has 10 heteroatoms. The third-order valence-electron chi connectivity index (χ3n) is 13.4. The Bertz CT molecular complexity index is 1180. The zero-order chi connectivity index (χ0) is 43.9. The van der Waals surface area contributed by atoms with E-state index in [-0.39, 0.29) is 13.1 Å². The normalized spacial score (nSPS) is 22.2. The molecule has 5 atom stereocenters. The summed E-state index contributed by atoms with van der Waals surface area (Å²) in [6.45, 7) is 9.49. The molecule has 60 heavy (non-hydrogen) atoms. The van der Waals surface area contributed by atoms with E-state index in [1.807, 2.05) is 28.2 Å². The van der Waals surface area contributed by atoms with Crippen LogP contribution in [0.2, 0.25) is 0 Å². The maximum absolute atomic E-state index is 11.3. The van der Waals surface area contributed by atoms with Crippen LogP contribution in [-0.2, 0) is 19.3 Å². The van der Waals surface area contributed by atoms with Crippen molar-refractivity contribution in [3.8, 4) is 0 Å². The number of nitrogens with one attached hydrogen (secondary N) is 2. The number of hydrogen-bond acceptors (Lipinski definition) is 6. The number of hydroxylamine groups is 2. The predicted octanol–water partition coefficient (Wildman–Crippen LogP) is 10.7. The number of carboxylic acid groups (broad SMARTS) is 2. The molecule has 0 amide bonds. The average Bonchev–Trinajstić information content (AvgIpc) is 3.17. The molecule has 0 saturated heterocycles. The third kappa shape index (κ3) is 26.0. The van der Waals surface area contributed by atoms with Crippen molar-refractivity contribution in [1.82, 2.24) is 11.0 Å². The molecule has 0 radical (unpaired) electrons. The molecule has 0 heterocycles. The zero-order valence-corrected chi connectivity index (χ0v) is 39.9. The number of carboxylic acids is 2. The quantitative estimate of drug-likeness (QED) is 0.0213. The summed E-state index contributed by atoms with van der Waals surface area (Å²) >= 11 is 0. The van der Waals surface area contributed by atoms with Gasteiger partial charge in [-0.25, -0.2) is 20.5 Å². The minimum absolute atomic E-state index is 0.142. The van der Waals surface area contributed by atoms with E-state index >= 15 is 0 Å². The van der Waals surface area contributed by atoms with Crippen molar-refractivity contribution in [2.24, 2.45) is 29.6 Å². The molecule has 2 aliphatic rings. The number of likely N-dealkylation sites (N-methyl/N-ethyl adjacent to an activating group) is 2. The summed E-state index contributed by atoms with van der Waals surface area (Å²) in [6.07, 6.45) is 39.7. The van der Waals surface area contributed by atoms with Gasteiger partial charge in [-0.15, -0.1) is 0 Å². The Morgan fingerprint density at radius 3 is 1.78 bits per heavy atom. The molecular weight excluding hydrogens is 753 g/mol. The molecule has 4 N–H and O–H groups in total. The molecule has 0 aromatic heterocycles. The van der Waals surface area contributed by atoms with Crippen LogP contribution < -0.4 is 11.0 Å². The molecule has 0 bridgehead atoms. The number of quaternary nitrogens is 2. The largest absolute Gasteiger partial charge is 0.477 e. The highest BCUT2D eigenvalue weighted by atomic mass is 16.6. The van der Waals surface area contributed by atoms with Gasteiger partial charge in [0.15, 0.2) is 13.1 Å². The lowest BCUT2D eigenvalue weighted by atomic mass is 9.65. The minimum atomic E-state index is -0.754. The van der Waals surface area contributed by atoms with E-state index < -0.39 is 11.9 Å². The fourth-order valence-corrected chi connectivity index (χ4v) is 9.83. The number of aliphatic carboxylic acids is 2. The Morgan fingerprint density at radius 1 is 0.650 bits per heavy atom. The third-order valence-corrected chi connectivity index (χ3v) is 13.4. The van der Waals surface area contributed by atoms with E-state index in [1.165, 1.54) is 141 Å². The molecule has 0 aromatic carbocycles. The molecule has 2 rings (SSSR count). The standard InChI is InChI=1S/C50H94N4O6/c1-7-9-11-19-27-43-32-33-44(28-20-15-13-14-18-24-38-59-51-34-25-36-53(3,4)40-49(55)56)48(47(43)31-23-12-10-8-2)39-45-29-21-16-17-22-30-46(45)42-60-52-35-26-37-54(5,6)41-50(57)58/h32-33,39,43-44,46-48,51-52H,7-31,34-38,40-42H2,1-6H3/p+2/b45-39-. The van der Waals surface area contributed by atoms with E-state index in [0.29, 0.717) is 32.6 Å². The molecule has 0 spiro atoms.